The Bertz CT molecular complexity index is 541. The molecule has 0 aliphatic carbocycles. The van der Waals surface area contributed by atoms with Crippen LogP contribution in [0.15, 0.2) is 30.7 Å². The van der Waals surface area contributed by atoms with E-state index in [1.165, 1.54) is 6.20 Å². The number of nitrogens with zero attached hydrogens (tertiary/aromatic N) is 3. The molecule has 0 saturated heterocycles. The highest BCUT2D eigenvalue weighted by Gasteiger charge is 2.26. The lowest BCUT2D eigenvalue weighted by molar-refractivity contribution is 0.299. The molecular formula is C10H10BF3N3O-. The zero-order valence-corrected chi connectivity index (χ0v) is 9.55. The van der Waals surface area contributed by atoms with Crippen molar-refractivity contribution in [3.8, 4) is 5.75 Å². The SMILES string of the molecule is Cn1ccc(COc2cncc([B-](F)(F)F)c2)n1. The molecule has 0 radical (unpaired) electrons. The van der Waals surface area contributed by atoms with Crippen molar-refractivity contribution in [2.75, 3.05) is 0 Å². The van der Waals surface area contributed by atoms with Crippen LogP contribution in [0.3, 0.4) is 0 Å². The predicted molar refractivity (Wildman–Crippen MR) is 60.5 cm³/mol. The highest BCUT2D eigenvalue weighted by atomic mass is 19.4. The van der Waals surface area contributed by atoms with Crippen molar-refractivity contribution in [2.24, 2.45) is 7.05 Å². The smallest absolute Gasteiger partial charge is 0.486 e. The molecule has 0 spiro atoms. The molecule has 0 unspecified atom stereocenters. The molecule has 0 amide bonds. The van der Waals surface area contributed by atoms with Gasteiger partial charge in [-0.05, 0) is 12.1 Å². The molecule has 96 valence electrons. The first-order chi connectivity index (χ1) is 8.45. The van der Waals surface area contributed by atoms with E-state index in [0.717, 1.165) is 12.3 Å². The molecule has 18 heavy (non-hydrogen) atoms. The summed E-state index contributed by atoms with van der Waals surface area (Å²) in [5, 5.41) is 4.05. The lowest BCUT2D eigenvalue weighted by atomic mass is 9.81. The maximum atomic E-state index is 12.5. The van der Waals surface area contributed by atoms with E-state index in [-0.39, 0.29) is 12.4 Å². The van der Waals surface area contributed by atoms with Crippen LogP contribution in [-0.2, 0) is 13.7 Å². The van der Waals surface area contributed by atoms with Crippen molar-refractivity contribution >= 4 is 12.4 Å². The van der Waals surface area contributed by atoms with Crippen molar-refractivity contribution in [3.05, 3.63) is 36.4 Å². The quantitative estimate of drug-likeness (QED) is 0.777. The molecule has 0 bridgehead atoms. The Hall–Kier alpha value is -1.99. The summed E-state index contributed by atoms with van der Waals surface area (Å²) >= 11 is 0. The third kappa shape index (κ3) is 3.02. The number of aromatic nitrogens is 3. The van der Waals surface area contributed by atoms with Gasteiger partial charge in [-0.2, -0.15) is 5.10 Å². The van der Waals surface area contributed by atoms with Gasteiger partial charge in [0.1, 0.15) is 12.4 Å². The normalized spacial score (nSPS) is 11.6. The molecule has 0 aromatic carbocycles. The summed E-state index contributed by atoms with van der Waals surface area (Å²) in [4.78, 5) is 3.51. The van der Waals surface area contributed by atoms with Crippen LogP contribution in [0.4, 0.5) is 12.9 Å². The third-order valence-corrected chi connectivity index (χ3v) is 2.27. The van der Waals surface area contributed by atoms with Gasteiger partial charge in [-0.15, -0.1) is 0 Å². The Morgan fingerprint density at radius 2 is 2.11 bits per heavy atom. The summed E-state index contributed by atoms with van der Waals surface area (Å²) in [5.74, 6) is 0.0809. The maximum Gasteiger partial charge on any atom is 0.511 e. The molecule has 0 aliphatic heterocycles. The highest BCUT2D eigenvalue weighted by Crippen LogP contribution is 2.14. The van der Waals surface area contributed by atoms with Crippen molar-refractivity contribution in [2.45, 2.75) is 6.61 Å². The van der Waals surface area contributed by atoms with Crippen molar-refractivity contribution in [1.82, 2.24) is 14.8 Å². The van der Waals surface area contributed by atoms with E-state index in [2.05, 4.69) is 10.1 Å². The van der Waals surface area contributed by atoms with E-state index >= 15 is 0 Å². The van der Waals surface area contributed by atoms with Crippen molar-refractivity contribution in [1.29, 1.82) is 0 Å². The third-order valence-electron chi connectivity index (χ3n) is 2.27. The lowest BCUT2D eigenvalue weighted by Crippen LogP contribution is -2.34. The molecule has 4 nitrogen and oxygen atoms in total. The van der Waals surface area contributed by atoms with Crippen LogP contribution in [0.1, 0.15) is 5.69 Å². The number of hydrogen-bond donors (Lipinski definition) is 0. The average Bonchev–Trinajstić information content (AvgIpc) is 2.72. The van der Waals surface area contributed by atoms with E-state index in [0.29, 0.717) is 5.69 Å². The fourth-order valence-corrected chi connectivity index (χ4v) is 1.39. The standard InChI is InChI=1S/C10H10BF3N3O/c1-17-3-2-9(16-17)7-18-10-4-8(5-15-6-10)11(12,13)14/h2-6H,7H2,1H3/q-1. The Labute approximate surface area is 101 Å². The summed E-state index contributed by atoms with van der Waals surface area (Å²) in [7, 11) is 1.75. The summed E-state index contributed by atoms with van der Waals surface area (Å²) in [6.07, 6.45) is 3.76. The van der Waals surface area contributed by atoms with Gasteiger partial charge >= 0.3 is 6.98 Å². The van der Waals surface area contributed by atoms with Gasteiger partial charge in [-0.3, -0.25) is 9.67 Å². The molecular weight excluding hydrogens is 246 g/mol. The van der Waals surface area contributed by atoms with Crippen LogP contribution in [0.5, 0.6) is 5.75 Å². The minimum atomic E-state index is -5.05. The summed E-state index contributed by atoms with van der Waals surface area (Å²) in [6.45, 7) is -4.95. The Kier molecular flexibility index (Phi) is 3.27. The number of hydrogen-bond acceptors (Lipinski definition) is 3. The molecule has 0 fully saturated rings. The molecule has 2 aromatic heterocycles. The van der Waals surface area contributed by atoms with Crippen LogP contribution in [0.25, 0.3) is 0 Å². The molecule has 2 heterocycles. The minimum absolute atomic E-state index is 0.0809. The summed E-state index contributed by atoms with van der Waals surface area (Å²) < 4.78 is 44.3. The van der Waals surface area contributed by atoms with Crippen LogP contribution in [0.2, 0.25) is 0 Å². The van der Waals surface area contributed by atoms with Gasteiger partial charge in [0.25, 0.3) is 0 Å². The van der Waals surface area contributed by atoms with E-state index in [4.69, 9.17) is 4.74 Å². The minimum Gasteiger partial charge on any atom is -0.486 e. The first-order valence-electron chi connectivity index (χ1n) is 5.21. The summed E-state index contributed by atoms with van der Waals surface area (Å²) in [6, 6.07) is 2.67. The number of pyridine rings is 1. The molecule has 8 heteroatoms. The van der Waals surface area contributed by atoms with Crippen LogP contribution < -0.4 is 10.2 Å². The Morgan fingerprint density at radius 3 is 2.72 bits per heavy atom. The fourth-order valence-electron chi connectivity index (χ4n) is 1.39. The highest BCUT2D eigenvalue weighted by molar-refractivity contribution is 6.73. The average molecular weight is 256 g/mol. The van der Waals surface area contributed by atoms with E-state index in [9.17, 15) is 12.9 Å². The second-order valence-electron chi connectivity index (χ2n) is 3.80. The van der Waals surface area contributed by atoms with Crippen molar-refractivity contribution in [3.63, 3.8) is 0 Å². The summed E-state index contributed by atoms with van der Waals surface area (Å²) in [5.41, 5.74) is -0.131. The molecule has 2 aromatic rings. The maximum absolute atomic E-state index is 12.5. The van der Waals surface area contributed by atoms with E-state index in [1.807, 2.05) is 0 Å². The zero-order chi connectivity index (χ0) is 13.2. The topological polar surface area (TPSA) is 39.9 Å². The first kappa shape index (κ1) is 12.5. The van der Waals surface area contributed by atoms with Crippen LogP contribution in [-0.4, -0.2) is 21.7 Å². The second-order valence-corrected chi connectivity index (χ2v) is 3.80. The Balaban J connectivity index is 2.06. The van der Waals surface area contributed by atoms with Crippen LogP contribution >= 0.6 is 0 Å². The van der Waals surface area contributed by atoms with Gasteiger partial charge in [-0.1, -0.05) is 5.46 Å². The van der Waals surface area contributed by atoms with Crippen molar-refractivity contribution < 1.29 is 17.7 Å². The van der Waals surface area contributed by atoms with Gasteiger partial charge < -0.3 is 17.7 Å². The lowest BCUT2D eigenvalue weighted by Gasteiger charge is -2.15. The zero-order valence-electron chi connectivity index (χ0n) is 9.55. The Morgan fingerprint density at radius 1 is 1.33 bits per heavy atom. The number of ether oxygens (including phenoxy) is 1. The predicted octanol–water partition coefficient (Wildman–Crippen LogP) is 1.45. The second kappa shape index (κ2) is 4.71. The van der Waals surface area contributed by atoms with Gasteiger partial charge in [0.05, 0.1) is 11.9 Å². The first-order valence-corrected chi connectivity index (χ1v) is 5.21. The number of aryl methyl sites for hydroxylation is 1. The van der Waals surface area contributed by atoms with Gasteiger partial charge in [0.2, 0.25) is 0 Å². The number of rotatable bonds is 4. The monoisotopic (exact) mass is 256 g/mol. The van der Waals surface area contributed by atoms with Gasteiger partial charge in [-0.25, -0.2) is 0 Å². The number of halogens is 3. The van der Waals surface area contributed by atoms with E-state index < -0.39 is 12.4 Å². The van der Waals surface area contributed by atoms with Gasteiger partial charge in [0, 0.05) is 19.4 Å². The van der Waals surface area contributed by atoms with Crippen LogP contribution in [0, 0.1) is 0 Å². The fraction of sp³-hybridized carbons (Fsp3) is 0.200. The van der Waals surface area contributed by atoms with Gasteiger partial charge in [0.15, 0.2) is 0 Å². The molecule has 0 N–H and O–H groups in total. The molecule has 0 aliphatic rings. The van der Waals surface area contributed by atoms with E-state index in [1.54, 1.807) is 24.0 Å². The molecule has 0 atom stereocenters. The molecule has 2 rings (SSSR count). The largest absolute Gasteiger partial charge is 0.511 e. The molecule has 0 saturated carbocycles.